The molecular weight excluding hydrogens is 200 g/mol. The van der Waals surface area contributed by atoms with Crippen LogP contribution < -0.4 is 5.32 Å². The summed E-state index contributed by atoms with van der Waals surface area (Å²) >= 11 is 0. The Morgan fingerprint density at radius 3 is 2.80 bits per heavy atom. The molecule has 1 unspecified atom stereocenters. The first-order chi connectivity index (χ1) is 7.13. The maximum atomic E-state index is 13.1. The molecule has 2 N–H and O–H groups in total. The van der Waals surface area contributed by atoms with Crippen molar-refractivity contribution in [2.45, 2.75) is 13.5 Å². The van der Waals surface area contributed by atoms with Crippen LogP contribution in [-0.4, -0.2) is 18.3 Å². The highest BCUT2D eigenvalue weighted by Gasteiger charge is 2.04. The molecule has 4 heteroatoms. The van der Waals surface area contributed by atoms with E-state index in [9.17, 15) is 8.78 Å². The van der Waals surface area contributed by atoms with E-state index in [0.717, 1.165) is 12.1 Å². The predicted octanol–water partition coefficient (Wildman–Crippen LogP) is 1.68. The molecule has 0 fully saturated rings. The third kappa shape index (κ3) is 3.93. The molecule has 1 atom stereocenters. The van der Waals surface area contributed by atoms with Crippen molar-refractivity contribution in [3.63, 3.8) is 0 Å². The Hall–Kier alpha value is -1.00. The summed E-state index contributed by atoms with van der Waals surface area (Å²) < 4.78 is 25.9. The lowest BCUT2D eigenvalue weighted by Gasteiger charge is -2.09. The van der Waals surface area contributed by atoms with Gasteiger partial charge in [0.15, 0.2) is 0 Å². The lowest BCUT2D eigenvalue weighted by Crippen LogP contribution is -2.23. The molecule has 0 amide bonds. The Morgan fingerprint density at radius 2 is 2.13 bits per heavy atom. The van der Waals surface area contributed by atoms with Crippen LogP contribution in [0, 0.1) is 17.6 Å². The molecule has 15 heavy (non-hydrogen) atoms. The van der Waals surface area contributed by atoms with Crippen molar-refractivity contribution in [2.75, 3.05) is 13.2 Å². The zero-order valence-electron chi connectivity index (χ0n) is 8.63. The van der Waals surface area contributed by atoms with E-state index in [1.807, 2.05) is 6.92 Å². The van der Waals surface area contributed by atoms with Gasteiger partial charge in [0.05, 0.1) is 0 Å². The molecular formula is C11H15F2NO. The van der Waals surface area contributed by atoms with Gasteiger partial charge in [-0.1, -0.05) is 6.92 Å². The largest absolute Gasteiger partial charge is 0.396 e. The summed E-state index contributed by atoms with van der Waals surface area (Å²) in [6.07, 6.45) is 0. The van der Waals surface area contributed by atoms with Gasteiger partial charge in [-0.05, 0) is 24.1 Å². The zero-order valence-corrected chi connectivity index (χ0v) is 8.63. The second-order valence-corrected chi connectivity index (χ2v) is 3.65. The number of aliphatic hydroxyl groups is 1. The number of nitrogens with one attached hydrogen (secondary N) is 1. The fraction of sp³-hybridized carbons (Fsp3) is 0.455. The molecule has 84 valence electrons. The Kier molecular flexibility index (Phi) is 4.65. The van der Waals surface area contributed by atoms with E-state index >= 15 is 0 Å². The maximum Gasteiger partial charge on any atom is 0.127 e. The minimum Gasteiger partial charge on any atom is -0.396 e. The fourth-order valence-corrected chi connectivity index (χ4v) is 1.20. The summed E-state index contributed by atoms with van der Waals surface area (Å²) in [5.41, 5.74) is 0.306. The molecule has 1 aromatic carbocycles. The molecule has 0 saturated heterocycles. The van der Waals surface area contributed by atoms with Crippen molar-refractivity contribution in [3.05, 3.63) is 35.4 Å². The molecule has 0 aliphatic rings. The molecule has 1 aromatic rings. The number of hydrogen-bond acceptors (Lipinski definition) is 2. The van der Waals surface area contributed by atoms with Crippen molar-refractivity contribution in [1.29, 1.82) is 0 Å². The van der Waals surface area contributed by atoms with E-state index in [2.05, 4.69) is 5.32 Å². The molecule has 0 radical (unpaired) electrons. The van der Waals surface area contributed by atoms with E-state index in [-0.39, 0.29) is 19.1 Å². The molecule has 0 bridgehead atoms. The van der Waals surface area contributed by atoms with Crippen LogP contribution in [0.5, 0.6) is 0 Å². The second kappa shape index (κ2) is 5.78. The topological polar surface area (TPSA) is 32.3 Å². The minimum atomic E-state index is -0.441. The van der Waals surface area contributed by atoms with Crippen molar-refractivity contribution in [1.82, 2.24) is 5.32 Å². The van der Waals surface area contributed by atoms with Crippen molar-refractivity contribution in [3.8, 4) is 0 Å². The van der Waals surface area contributed by atoms with Crippen LogP contribution in [0.3, 0.4) is 0 Å². The molecule has 0 aliphatic carbocycles. The number of benzene rings is 1. The highest BCUT2D eigenvalue weighted by Crippen LogP contribution is 2.09. The van der Waals surface area contributed by atoms with Gasteiger partial charge in [0.1, 0.15) is 11.6 Å². The van der Waals surface area contributed by atoms with E-state index < -0.39 is 11.6 Å². The average Bonchev–Trinajstić information content (AvgIpc) is 2.23. The van der Waals surface area contributed by atoms with Gasteiger partial charge < -0.3 is 10.4 Å². The first-order valence-corrected chi connectivity index (χ1v) is 4.89. The fourth-order valence-electron chi connectivity index (χ4n) is 1.20. The van der Waals surface area contributed by atoms with Crippen LogP contribution in [0.2, 0.25) is 0 Å². The first-order valence-electron chi connectivity index (χ1n) is 4.89. The van der Waals surface area contributed by atoms with Gasteiger partial charge in [0, 0.05) is 25.3 Å². The lowest BCUT2D eigenvalue weighted by molar-refractivity contribution is 0.233. The standard InChI is InChI=1S/C11H15F2NO/c1-8(7-15)5-14-6-9-4-10(12)2-3-11(9)13/h2-4,8,14-15H,5-7H2,1H3. The zero-order chi connectivity index (χ0) is 11.3. The van der Waals surface area contributed by atoms with Crippen molar-refractivity contribution < 1.29 is 13.9 Å². The van der Waals surface area contributed by atoms with Crippen LogP contribution in [-0.2, 0) is 6.54 Å². The maximum absolute atomic E-state index is 13.1. The van der Waals surface area contributed by atoms with Crippen LogP contribution in [0.15, 0.2) is 18.2 Å². The van der Waals surface area contributed by atoms with E-state index in [1.165, 1.54) is 6.07 Å². The number of hydrogen-bond donors (Lipinski definition) is 2. The molecule has 0 saturated carbocycles. The molecule has 2 nitrogen and oxygen atoms in total. The van der Waals surface area contributed by atoms with Crippen molar-refractivity contribution in [2.24, 2.45) is 5.92 Å². The van der Waals surface area contributed by atoms with Crippen molar-refractivity contribution >= 4 is 0 Å². The van der Waals surface area contributed by atoms with Crippen LogP contribution in [0.4, 0.5) is 8.78 Å². The molecule has 0 aromatic heterocycles. The SMILES string of the molecule is CC(CO)CNCc1cc(F)ccc1F. The molecule has 0 aliphatic heterocycles. The average molecular weight is 215 g/mol. The lowest BCUT2D eigenvalue weighted by atomic mass is 10.1. The third-order valence-electron chi connectivity index (χ3n) is 2.13. The molecule has 0 spiro atoms. The highest BCUT2D eigenvalue weighted by molar-refractivity contribution is 5.18. The van der Waals surface area contributed by atoms with Gasteiger partial charge in [-0.15, -0.1) is 0 Å². The Labute approximate surface area is 87.9 Å². The third-order valence-corrected chi connectivity index (χ3v) is 2.13. The quantitative estimate of drug-likeness (QED) is 0.783. The summed E-state index contributed by atoms with van der Waals surface area (Å²) in [7, 11) is 0. The van der Waals surface area contributed by atoms with Gasteiger partial charge in [0.25, 0.3) is 0 Å². The Balaban J connectivity index is 2.46. The Morgan fingerprint density at radius 1 is 1.40 bits per heavy atom. The Bertz CT molecular complexity index is 317. The summed E-state index contributed by atoms with van der Waals surface area (Å²) in [4.78, 5) is 0. The molecule has 0 heterocycles. The summed E-state index contributed by atoms with van der Waals surface area (Å²) in [5, 5.41) is 11.7. The van der Waals surface area contributed by atoms with E-state index in [1.54, 1.807) is 0 Å². The second-order valence-electron chi connectivity index (χ2n) is 3.65. The number of aliphatic hydroxyl groups excluding tert-OH is 1. The van der Waals surface area contributed by atoms with Crippen LogP contribution >= 0.6 is 0 Å². The van der Waals surface area contributed by atoms with E-state index in [0.29, 0.717) is 12.1 Å². The first kappa shape index (κ1) is 12.1. The van der Waals surface area contributed by atoms with Gasteiger partial charge in [-0.2, -0.15) is 0 Å². The molecule has 1 rings (SSSR count). The highest BCUT2D eigenvalue weighted by atomic mass is 19.1. The monoisotopic (exact) mass is 215 g/mol. The van der Waals surface area contributed by atoms with Gasteiger partial charge in [0.2, 0.25) is 0 Å². The van der Waals surface area contributed by atoms with Gasteiger partial charge in [-0.25, -0.2) is 8.78 Å². The summed E-state index contributed by atoms with van der Waals surface area (Å²) in [6, 6.07) is 3.38. The smallest absolute Gasteiger partial charge is 0.127 e. The minimum absolute atomic E-state index is 0.0820. The normalized spacial score (nSPS) is 12.8. The summed E-state index contributed by atoms with van der Waals surface area (Å²) in [5.74, 6) is -0.745. The van der Waals surface area contributed by atoms with Gasteiger partial charge >= 0.3 is 0 Å². The predicted molar refractivity (Wildman–Crippen MR) is 54.3 cm³/mol. The van der Waals surface area contributed by atoms with Crippen LogP contribution in [0.1, 0.15) is 12.5 Å². The number of rotatable bonds is 5. The van der Waals surface area contributed by atoms with E-state index in [4.69, 9.17) is 5.11 Å². The summed E-state index contributed by atoms with van der Waals surface area (Å²) in [6.45, 7) is 2.80. The number of halogens is 2. The van der Waals surface area contributed by atoms with Crippen LogP contribution in [0.25, 0.3) is 0 Å². The van der Waals surface area contributed by atoms with Gasteiger partial charge in [-0.3, -0.25) is 0 Å².